The molecule has 0 radical (unpaired) electrons. The van der Waals surface area contributed by atoms with Gasteiger partial charge in [-0.3, -0.25) is 0 Å². The number of fused-ring (bicyclic) bond motifs is 1. The fraction of sp³-hybridized carbons (Fsp3) is 0.455. The van der Waals surface area contributed by atoms with E-state index < -0.39 is 6.43 Å². The summed E-state index contributed by atoms with van der Waals surface area (Å²) >= 11 is 0. The molecule has 1 aliphatic rings. The van der Waals surface area contributed by atoms with E-state index in [-0.39, 0.29) is 6.54 Å². The highest BCUT2D eigenvalue weighted by Crippen LogP contribution is 2.29. The topological polar surface area (TPSA) is 15.3 Å². The quantitative estimate of drug-likeness (QED) is 0.827. The number of hydrogen-bond donors (Lipinski definition) is 1. The molecule has 4 heteroatoms. The lowest BCUT2D eigenvalue weighted by molar-refractivity contribution is 0.163. The van der Waals surface area contributed by atoms with E-state index in [4.69, 9.17) is 0 Å². The van der Waals surface area contributed by atoms with Crippen molar-refractivity contribution in [3.8, 4) is 0 Å². The number of benzene rings is 1. The molecule has 1 heterocycles. The molecule has 0 saturated heterocycles. The molecule has 0 aliphatic carbocycles. The molecular weight excluding hydrogens is 198 g/mol. The van der Waals surface area contributed by atoms with E-state index in [1.807, 2.05) is 25.2 Å². The summed E-state index contributed by atoms with van der Waals surface area (Å²) in [5, 5.41) is 2.72. The van der Waals surface area contributed by atoms with E-state index >= 15 is 0 Å². The summed E-state index contributed by atoms with van der Waals surface area (Å²) in [6.07, 6.45) is -1.31. The normalized spacial score (nSPS) is 14.5. The Hall–Kier alpha value is -1.32. The maximum absolute atomic E-state index is 12.0. The van der Waals surface area contributed by atoms with Crippen molar-refractivity contribution in [1.82, 2.24) is 0 Å². The summed E-state index contributed by atoms with van der Waals surface area (Å²) in [5.74, 6) is 0. The zero-order valence-corrected chi connectivity index (χ0v) is 8.63. The van der Waals surface area contributed by atoms with Crippen molar-refractivity contribution in [1.29, 1.82) is 0 Å². The van der Waals surface area contributed by atoms with E-state index in [9.17, 15) is 8.78 Å². The van der Waals surface area contributed by atoms with E-state index in [2.05, 4.69) is 10.2 Å². The van der Waals surface area contributed by atoms with Crippen LogP contribution in [-0.4, -0.2) is 26.6 Å². The molecule has 0 saturated carbocycles. The number of anilines is 2. The summed E-state index contributed by atoms with van der Waals surface area (Å²) in [6, 6.07) is 5.79. The van der Waals surface area contributed by atoms with Crippen LogP contribution in [-0.2, 0) is 6.42 Å². The molecule has 1 aromatic rings. The molecule has 2 rings (SSSR count). The third-order valence-corrected chi connectivity index (χ3v) is 2.67. The summed E-state index contributed by atoms with van der Waals surface area (Å²) in [5.41, 5.74) is 3.22. The maximum atomic E-state index is 12.0. The second-order valence-electron chi connectivity index (χ2n) is 3.79. The van der Waals surface area contributed by atoms with Crippen molar-refractivity contribution in [3.05, 3.63) is 23.8 Å². The van der Waals surface area contributed by atoms with Crippen LogP contribution in [0.15, 0.2) is 18.2 Å². The minimum atomic E-state index is -2.30. The fourth-order valence-electron chi connectivity index (χ4n) is 1.87. The summed E-state index contributed by atoms with van der Waals surface area (Å²) in [4.78, 5) is 2.17. The smallest absolute Gasteiger partial charge is 0.255 e. The van der Waals surface area contributed by atoms with Crippen LogP contribution in [0.4, 0.5) is 20.2 Å². The van der Waals surface area contributed by atoms with Gasteiger partial charge in [-0.15, -0.1) is 0 Å². The molecule has 0 atom stereocenters. The van der Waals surface area contributed by atoms with Crippen LogP contribution >= 0.6 is 0 Å². The van der Waals surface area contributed by atoms with Crippen molar-refractivity contribution >= 4 is 11.4 Å². The highest BCUT2D eigenvalue weighted by molar-refractivity contribution is 5.63. The lowest BCUT2D eigenvalue weighted by Gasteiger charge is -2.12. The van der Waals surface area contributed by atoms with Crippen LogP contribution in [0.1, 0.15) is 5.56 Å². The Labute approximate surface area is 87.9 Å². The zero-order valence-electron chi connectivity index (χ0n) is 8.63. The highest BCUT2D eigenvalue weighted by Gasteiger charge is 2.15. The Kier molecular flexibility index (Phi) is 2.75. The van der Waals surface area contributed by atoms with Crippen LogP contribution < -0.4 is 10.2 Å². The first-order valence-electron chi connectivity index (χ1n) is 5.03. The lowest BCUT2D eigenvalue weighted by Crippen LogP contribution is -2.12. The molecule has 0 amide bonds. The fourth-order valence-corrected chi connectivity index (χ4v) is 1.87. The van der Waals surface area contributed by atoms with Crippen LogP contribution in [0.2, 0.25) is 0 Å². The molecule has 1 aliphatic heterocycles. The molecule has 0 bridgehead atoms. The standard InChI is InChI=1S/C11H14F2N2/c1-15-5-4-8-6-9(2-3-10(8)15)14-7-11(12)13/h2-3,6,11,14H,4-5,7H2,1H3. The molecule has 1 aromatic carbocycles. The number of alkyl halides is 2. The Morgan fingerprint density at radius 1 is 1.47 bits per heavy atom. The Morgan fingerprint density at radius 2 is 2.27 bits per heavy atom. The first-order chi connectivity index (χ1) is 7.16. The van der Waals surface area contributed by atoms with Gasteiger partial charge in [0.1, 0.15) is 0 Å². The molecule has 0 unspecified atom stereocenters. The third-order valence-electron chi connectivity index (χ3n) is 2.67. The second kappa shape index (κ2) is 4.04. The first-order valence-corrected chi connectivity index (χ1v) is 5.03. The van der Waals surface area contributed by atoms with Crippen LogP contribution in [0.5, 0.6) is 0 Å². The maximum Gasteiger partial charge on any atom is 0.255 e. The zero-order chi connectivity index (χ0) is 10.8. The monoisotopic (exact) mass is 212 g/mol. The molecule has 0 aromatic heterocycles. The van der Waals surface area contributed by atoms with E-state index in [0.29, 0.717) is 0 Å². The number of nitrogens with one attached hydrogen (secondary N) is 1. The molecule has 0 fully saturated rings. The van der Waals surface area contributed by atoms with Crippen molar-refractivity contribution in [2.24, 2.45) is 0 Å². The minimum Gasteiger partial charge on any atom is -0.379 e. The van der Waals surface area contributed by atoms with Gasteiger partial charge in [-0.2, -0.15) is 0 Å². The third kappa shape index (κ3) is 2.19. The van der Waals surface area contributed by atoms with Gasteiger partial charge in [0.2, 0.25) is 0 Å². The van der Waals surface area contributed by atoms with Gasteiger partial charge >= 0.3 is 0 Å². The minimum absolute atomic E-state index is 0.283. The van der Waals surface area contributed by atoms with E-state index in [1.165, 1.54) is 11.3 Å². The Bertz CT molecular complexity index is 352. The van der Waals surface area contributed by atoms with Crippen molar-refractivity contribution in [3.63, 3.8) is 0 Å². The van der Waals surface area contributed by atoms with Gasteiger partial charge in [-0.25, -0.2) is 8.78 Å². The molecule has 2 nitrogen and oxygen atoms in total. The molecule has 15 heavy (non-hydrogen) atoms. The first kappa shape index (κ1) is 10.2. The number of hydrogen-bond acceptors (Lipinski definition) is 2. The van der Waals surface area contributed by atoms with Crippen LogP contribution in [0.25, 0.3) is 0 Å². The van der Waals surface area contributed by atoms with Crippen molar-refractivity contribution < 1.29 is 8.78 Å². The van der Waals surface area contributed by atoms with Crippen molar-refractivity contribution in [2.45, 2.75) is 12.8 Å². The second-order valence-corrected chi connectivity index (χ2v) is 3.79. The molecule has 82 valence electrons. The summed E-state index contributed by atoms with van der Waals surface area (Å²) in [6.45, 7) is 0.724. The molecular formula is C11H14F2N2. The summed E-state index contributed by atoms with van der Waals surface area (Å²) in [7, 11) is 2.04. The van der Waals surface area contributed by atoms with Gasteiger partial charge in [-0.1, -0.05) is 0 Å². The van der Waals surface area contributed by atoms with Crippen LogP contribution in [0, 0.1) is 0 Å². The average molecular weight is 212 g/mol. The van der Waals surface area contributed by atoms with Crippen molar-refractivity contribution in [2.75, 3.05) is 30.4 Å². The van der Waals surface area contributed by atoms with Gasteiger partial charge in [0.25, 0.3) is 6.43 Å². The summed E-state index contributed by atoms with van der Waals surface area (Å²) < 4.78 is 24.0. The average Bonchev–Trinajstić information content (AvgIpc) is 2.57. The van der Waals surface area contributed by atoms with Gasteiger partial charge < -0.3 is 10.2 Å². The SMILES string of the molecule is CN1CCc2cc(NCC(F)F)ccc21. The Balaban J connectivity index is 2.09. The number of halogens is 2. The number of rotatable bonds is 3. The van der Waals surface area contributed by atoms with Gasteiger partial charge in [0.15, 0.2) is 0 Å². The molecule has 1 N–H and O–H groups in total. The predicted octanol–water partition coefficient (Wildman–Crippen LogP) is 2.36. The van der Waals surface area contributed by atoms with Crippen LogP contribution in [0.3, 0.4) is 0 Å². The molecule has 0 spiro atoms. The van der Waals surface area contributed by atoms with Gasteiger partial charge in [-0.05, 0) is 30.2 Å². The van der Waals surface area contributed by atoms with Gasteiger partial charge in [0.05, 0.1) is 6.54 Å². The van der Waals surface area contributed by atoms with E-state index in [0.717, 1.165) is 18.7 Å². The number of likely N-dealkylation sites (N-methyl/N-ethyl adjacent to an activating group) is 1. The van der Waals surface area contributed by atoms with E-state index in [1.54, 1.807) is 0 Å². The predicted molar refractivity (Wildman–Crippen MR) is 57.9 cm³/mol. The van der Waals surface area contributed by atoms with Gasteiger partial charge in [0, 0.05) is 25.0 Å². The largest absolute Gasteiger partial charge is 0.379 e. The Morgan fingerprint density at radius 3 is 3.00 bits per heavy atom. The highest BCUT2D eigenvalue weighted by atomic mass is 19.3. The lowest BCUT2D eigenvalue weighted by atomic mass is 10.1. The number of nitrogens with zero attached hydrogens (tertiary/aromatic N) is 1.